The molecule has 2 heterocycles. The highest BCUT2D eigenvalue weighted by molar-refractivity contribution is 6.47. The fourth-order valence-corrected chi connectivity index (χ4v) is 3.10. The number of carboxylic acid groups (broad SMARTS) is 1. The van der Waals surface area contributed by atoms with Crippen molar-refractivity contribution in [2.24, 2.45) is 0 Å². The quantitative estimate of drug-likeness (QED) is 0.410. The van der Waals surface area contributed by atoms with Gasteiger partial charge in [-0.25, -0.2) is 9.48 Å². The molecule has 154 valence electrons. The van der Waals surface area contributed by atoms with Crippen LogP contribution in [-0.4, -0.2) is 67.9 Å². The van der Waals surface area contributed by atoms with Crippen molar-refractivity contribution in [1.82, 2.24) is 30.8 Å². The first-order valence-electron chi connectivity index (χ1n) is 9.33. The van der Waals surface area contributed by atoms with Crippen LogP contribution in [-0.2, 0) is 24.2 Å². The van der Waals surface area contributed by atoms with E-state index >= 15 is 0 Å². The Morgan fingerprint density at radius 2 is 2.21 bits per heavy atom. The van der Waals surface area contributed by atoms with Gasteiger partial charge in [0, 0.05) is 12.6 Å². The van der Waals surface area contributed by atoms with Crippen LogP contribution in [0.5, 0.6) is 5.75 Å². The van der Waals surface area contributed by atoms with E-state index in [4.69, 9.17) is 4.65 Å². The second kappa shape index (κ2) is 9.01. The molecule has 1 aliphatic rings. The molecule has 1 aromatic carbocycles. The highest BCUT2D eigenvalue weighted by Gasteiger charge is 2.37. The summed E-state index contributed by atoms with van der Waals surface area (Å²) in [6.45, 7) is 5.25. The summed E-state index contributed by atoms with van der Waals surface area (Å²) >= 11 is 0. The fraction of sp³-hybridized carbons (Fsp3) is 0.471. The minimum atomic E-state index is -1.36. The van der Waals surface area contributed by atoms with Crippen LogP contribution in [0.2, 0.25) is 0 Å². The van der Waals surface area contributed by atoms with Crippen molar-refractivity contribution in [3.05, 3.63) is 35.2 Å². The van der Waals surface area contributed by atoms with Crippen LogP contribution in [0.25, 0.3) is 0 Å². The molecule has 0 radical (unpaired) electrons. The van der Waals surface area contributed by atoms with E-state index in [1.54, 1.807) is 16.8 Å². The number of amides is 1. The number of para-hydroxylation sites is 1. The van der Waals surface area contributed by atoms with E-state index in [1.165, 1.54) is 6.07 Å². The van der Waals surface area contributed by atoms with Crippen molar-refractivity contribution >= 4 is 19.0 Å². The summed E-state index contributed by atoms with van der Waals surface area (Å²) in [4.78, 5) is 23.8. The van der Waals surface area contributed by atoms with E-state index in [0.717, 1.165) is 0 Å². The second-order valence-corrected chi connectivity index (χ2v) is 7.09. The summed E-state index contributed by atoms with van der Waals surface area (Å²) in [5.74, 6) is -1.70. The van der Waals surface area contributed by atoms with Crippen LogP contribution in [0.1, 0.15) is 35.6 Å². The Bertz CT molecular complexity index is 889. The smallest absolute Gasteiger partial charge is 0.534 e. The third kappa shape index (κ3) is 5.09. The maximum Gasteiger partial charge on any atom is 0.547 e. The summed E-state index contributed by atoms with van der Waals surface area (Å²) < 4.78 is 6.93. The lowest BCUT2D eigenvalue weighted by Gasteiger charge is -2.28. The Morgan fingerprint density at radius 1 is 1.41 bits per heavy atom. The van der Waals surface area contributed by atoms with Crippen LogP contribution in [0.4, 0.5) is 0 Å². The molecule has 4 N–H and O–H groups in total. The zero-order valence-corrected chi connectivity index (χ0v) is 16.2. The lowest BCUT2D eigenvalue weighted by atomic mass is 9.72. The van der Waals surface area contributed by atoms with Crippen LogP contribution in [0.15, 0.2) is 18.2 Å². The van der Waals surface area contributed by atoms with E-state index in [9.17, 15) is 19.7 Å². The van der Waals surface area contributed by atoms with E-state index in [-0.39, 0.29) is 30.1 Å². The van der Waals surface area contributed by atoms with Gasteiger partial charge in [0.15, 0.2) is 5.82 Å². The third-order valence-electron chi connectivity index (χ3n) is 4.50. The van der Waals surface area contributed by atoms with E-state index in [1.807, 2.05) is 13.8 Å². The number of hydrogen-bond acceptors (Lipinski definition) is 8. The molecule has 0 bridgehead atoms. The number of hydrogen-bond donors (Lipinski definition) is 4. The molecule has 0 spiro atoms. The molecule has 29 heavy (non-hydrogen) atoms. The molecule has 1 aromatic heterocycles. The first-order chi connectivity index (χ1) is 13.8. The van der Waals surface area contributed by atoms with Gasteiger partial charge in [0.1, 0.15) is 5.75 Å². The molecule has 0 saturated carbocycles. The predicted octanol–water partition coefficient (Wildman–Crippen LogP) is -0.949. The Morgan fingerprint density at radius 3 is 2.93 bits per heavy atom. The number of benzene rings is 1. The minimum absolute atomic E-state index is 0.0273. The number of fused-ring (bicyclic) bond motifs is 1. The molecule has 0 aliphatic carbocycles. The van der Waals surface area contributed by atoms with Crippen molar-refractivity contribution < 1.29 is 24.4 Å². The monoisotopic (exact) mass is 402 g/mol. The number of nitrogens with one attached hydrogen (secondary N) is 2. The van der Waals surface area contributed by atoms with Gasteiger partial charge in [-0.15, -0.1) is 5.10 Å². The maximum atomic E-state index is 12.4. The predicted molar refractivity (Wildman–Crippen MR) is 102 cm³/mol. The molecule has 0 unspecified atom stereocenters. The van der Waals surface area contributed by atoms with Crippen molar-refractivity contribution in [2.45, 2.75) is 45.2 Å². The lowest BCUT2D eigenvalue weighted by molar-refractivity contribution is -0.121. The van der Waals surface area contributed by atoms with Crippen molar-refractivity contribution in [3.63, 3.8) is 0 Å². The Hall–Kier alpha value is -2.99. The number of carbonyl (C=O) groups is 2. The van der Waals surface area contributed by atoms with Gasteiger partial charge in [0.2, 0.25) is 5.91 Å². The minimum Gasteiger partial charge on any atom is -0.534 e. The Balaban J connectivity index is 1.61. The molecule has 2 aromatic rings. The van der Waals surface area contributed by atoms with Crippen molar-refractivity contribution in [1.29, 1.82) is 0 Å². The number of carboxylic acids is 1. The van der Waals surface area contributed by atoms with Crippen LogP contribution in [0.3, 0.4) is 0 Å². The fourth-order valence-electron chi connectivity index (χ4n) is 3.10. The van der Waals surface area contributed by atoms with Crippen molar-refractivity contribution in [3.8, 4) is 5.75 Å². The number of aromatic nitrogens is 4. The van der Waals surface area contributed by atoms with Gasteiger partial charge in [-0.2, -0.15) is 0 Å². The van der Waals surface area contributed by atoms with E-state index < -0.39 is 19.0 Å². The van der Waals surface area contributed by atoms with Gasteiger partial charge < -0.3 is 25.4 Å². The largest absolute Gasteiger partial charge is 0.547 e. The summed E-state index contributed by atoms with van der Waals surface area (Å²) in [5.41, 5.74) is 0.575. The van der Waals surface area contributed by atoms with Crippen LogP contribution in [0, 0.1) is 0 Å². The average molecular weight is 402 g/mol. The average Bonchev–Trinajstić information content (AvgIpc) is 3.08. The molecule has 0 saturated heterocycles. The van der Waals surface area contributed by atoms with Gasteiger partial charge in [-0.1, -0.05) is 26.0 Å². The summed E-state index contributed by atoms with van der Waals surface area (Å²) in [6.07, 6.45) is 0.187. The number of rotatable bonds is 8. The number of aromatic carboxylic acids is 1. The van der Waals surface area contributed by atoms with Crippen molar-refractivity contribution in [2.75, 3.05) is 6.54 Å². The summed E-state index contributed by atoms with van der Waals surface area (Å²) in [7, 11) is -1.36. The van der Waals surface area contributed by atoms with Gasteiger partial charge in [0.25, 0.3) is 0 Å². The molecule has 1 atom stereocenters. The summed E-state index contributed by atoms with van der Waals surface area (Å²) in [5, 5.41) is 36.8. The zero-order chi connectivity index (χ0) is 21.0. The second-order valence-electron chi connectivity index (χ2n) is 7.09. The molecule has 12 heteroatoms. The maximum absolute atomic E-state index is 12.4. The topological polar surface area (TPSA) is 151 Å². The van der Waals surface area contributed by atoms with Gasteiger partial charge >= 0.3 is 13.1 Å². The van der Waals surface area contributed by atoms with Crippen LogP contribution < -0.4 is 15.3 Å². The number of carbonyl (C=O) groups excluding carboxylic acids is 1. The van der Waals surface area contributed by atoms with Gasteiger partial charge in [0.05, 0.1) is 24.5 Å². The molecule has 3 rings (SSSR count). The highest BCUT2D eigenvalue weighted by atomic mass is 16.5. The normalized spacial score (nSPS) is 15.7. The SMILES string of the molecule is CC(C)NCCn1nnnc1CC(=O)N[C@H]1Cc2cccc(C(=O)O)c2OB1O. The molecule has 11 nitrogen and oxygen atoms in total. The van der Waals surface area contributed by atoms with Gasteiger partial charge in [-0.3, -0.25) is 4.79 Å². The standard InChI is InChI=1S/C17H23BN6O5/c1-10(2)19-6-7-24-14(21-22-23-24)9-15(25)20-13-8-11-4-3-5-12(17(26)27)16(11)29-18(13)28/h3-5,10,13,19,28H,6-9H2,1-2H3,(H,20,25)(H,26,27)/t13-/m0/s1. The Labute approximate surface area is 167 Å². The van der Waals surface area contributed by atoms with Gasteiger partial charge in [-0.05, 0) is 28.5 Å². The molecular weight excluding hydrogens is 379 g/mol. The first kappa shape index (κ1) is 20.7. The highest BCUT2D eigenvalue weighted by Crippen LogP contribution is 2.30. The Kier molecular flexibility index (Phi) is 6.44. The zero-order valence-electron chi connectivity index (χ0n) is 16.2. The number of tetrazole rings is 1. The number of nitrogens with zero attached hydrogens (tertiary/aromatic N) is 4. The third-order valence-corrected chi connectivity index (χ3v) is 4.50. The molecule has 0 fully saturated rings. The lowest BCUT2D eigenvalue weighted by Crippen LogP contribution is -2.53. The summed E-state index contributed by atoms with van der Waals surface area (Å²) in [6, 6.07) is 5.03. The molecule has 1 amide bonds. The molecular formula is C17H23BN6O5. The van der Waals surface area contributed by atoms with E-state index in [0.29, 0.717) is 30.5 Å². The van der Waals surface area contributed by atoms with E-state index in [2.05, 4.69) is 26.2 Å². The van der Waals surface area contributed by atoms with Crippen LogP contribution >= 0.6 is 0 Å². The first-order valence-corrected chi connectivity index (χ1v) is 9.33. The molecule has 1 aliphatic heterocycles.